The maximum Gasteiger partial charge on any atom is 0.204 e. The van der Waals surface area contributed by atoms with Gasteiger partial charge in [0.1, 0.15) is 0 Å². The van der Waals surface area contributed by atoms with Crippen molar-refractivity contribution < 1.29 is 9.59 Å². The fourth-order valence-corrected chi connectivity index (χ4v) is 3.03. The zero-order valence-electron chi connectivity index (χ0n) is 8.61. The van der Waals surface area contributed by atoms with E-state index < -0.39 is 0 Å². The van der Waals surface area contributed by atoms with Crippen LogP contribution in [0.1, 0.15) is 36.7 Å². The Bertz CT molecular complexity index is 623. The molecule has 0 N–H and O–H groups in total. The summed E-state index contributed by atoms with van der Waals surface area (Å²) in [5, 5.41) is 1.87. The molecule has 16 heavy (non-hydrogen) atoms. The van der Waals surface area contributed by atoms with Crippen LogP contribution in [0.15, 0.2) is 29.6 Å². The zero-order chi connectivity index (χ0) is 11.3. The Morgan fingerprint density at radius 1 is 1.00 bits per heavy atom. The SMILES string of the molecule is Cc1csc2c1C(=O)c1ccccc1C2=O. The standard InChI is InChI=1S/C13H8O2S/c1-7-6-16-13-10(7)11(14)8-4-2-3-5-9(8)12(13)15/h2-6H,1H3. The van der Waals surface area contributed by atoms with E-state index in [9.17, 15) is 9.59 Å². The molecule has 0 fully saturated rings. The van der Waals surface area contributed by atoms with Crippen molar-refractivity contribution in [3.63, 3.8) is 0 Å². The van der Waals surface area contributed by atoms with Crippen molar-refractivity contribution in [1.29, 1.82) is 0 Å². The summed E-state index contributed by atoms with van der Waals surface area (Å²) in [7, 11) is 0. The molecule has 0 unspecified atom stereocenters. The first-order chi connectivity index (χ1) is 7.70. The predicted octanol–water partition coefficient (Wildman–Crippen LogP) is 2.83. The highest BCUT2D eigenvalue weighted by atomic mass is 32.1. The van der Waals surface area contributed by atoms with Crippen LogP contribution in [0, 0.1) is 6.92 Å². The third-order valence-corrected chi connectivity index (χ3v) is 3.92. The van der Waals surface area contributed by atoms with E-state index in [1.165, 1.54) is 11.3 Å². The minimum Gasteiger partial charge on any atom is -0.289 e. The van der Waals surface area contributed by atoms with Crippen LogP contribution in [0.2, 0.25) is 0 Å². The Kier molecular flexibility index (Phi) is 1.85. The number of carbonyl (C=O) groups excluding carboxylic acids is 2. The average Bonchev–Trinajstić information content (AvgIpc) is 2.69. The smallest absolute Gasteiger partial charge is 0.204 e. The van der Waals surface area contributed by atoms with E-state index in [1.807, 2.05) is 12.3 Å². The first-order valence-corrected chi connectivity index (χ1v) is 5.84. The molecule has 0 amide bonds. The Balaban J connectivity index is 2.36. The minimum atomic E-state index is -0.0247. The lowest BCUT2D eigenvalue weighted by molar-refractivity contribution is 0.0982. The monoisotopic (exact) mass is 228 g/mol. The number of hydrogen-bond donors (Lipinski definition) is 0. The van der Waals surface area contributed by atoms with Crippen molar-refractivity contribution in [1.82, 2.24) is 0 Å². The van der Waals surface area contributed by atoms with Gasteiger partial charge in [0.2, 0.25) is 5.78 Å². The van der Waals surface area contributed by atoms with E-state index in [0.29, 0.717) is 21.6 Å². The summed E-state index contributed by atoms with van der Waals surface area (Å²) in [5.74, 6) is -0.0488. The van der Waals surface area contributed by atoms with Crippen molar-refractivity contribution >= 4 is 22.9 Å². The van der Waals surface area contributed by atoms with Gasteiger partial charge in [-0.05, 0) is 17.9 Å². The molecular formula is C13H8O2S. The van der Waals surface area contributed by atoms with Crippen molar-refractivity contribution in [2.75, 3.05) is 0 Å². The van der Waals surface area contributed by atoms with Crippen LogP contribution in [0.4, 0.5) is 0 Å². The van der Waals surface area contributed by atoms with Gasteiger partial charge in [-0.25, -0.2) is 0 Å². The molecule has 3 rings (SSSR count). The second-order valence-corrected chi connectivity index (χ2v) is 4.71. The van der Waals surface area contributed by atoms with E-state index in [1.54, 1.807) is 24.3 Å². The van der Waals surface area contributed by atoms with Gasteiger partial charge in [0.05, 0.1) is 4.88 Å². The van der Waals surface area contributed by atoms with Crippen LogP contribution in [0.25, 0.3) is 0 Å². The molecule has 0 saturated heterocycles. The highest BCUT2D eigenvalue weighted by molar-refractivity contribution is 7.13. The molecule has 0 aliphatic heterocycles. The van der Waals surface area contributed by atoms with E-state index >= 15 is 0 Å². The average molecular weight is 228 g/mol. The zero-order valence-corrected chi connectivity index (χ0v) is 9.43. The van der Waals surface area contributed by atoms with E-state index in [-0.39, 0.29) is 11.6 Å². The highest BCUT2D eigenvalue weighted by Crippen LogP contribution is 2.33. The van der Waals surface area contributed by atoms with Crippen LogP contribution in [0.3, 0.4) is 0 Å². The second kappa shape index (κ2) is 3.12. The third-order valence-electron chi connectivity index (χ3n) is 2.82. The molecule has 0 spiro atoms. The summed E-state index contributed by atoms with van der Waals surface area (Å²) in [6.45, 7) is 1.87. The topological polar surface area (TPSA) is 34.1 Å². The van der Waals surface area contributed by atoms with E-state index in [0.717, 1.165) is 5.56 Å². The van der Waals surface area contributed by atoms with Gasteiger partial charge in [-0.2, -0.15) is 0 Å². The molecule has 2 nitrogen and oxygen atoms in total. The van der Waals surface area contributed by atoms with Crippen LogP contribution >= 0.6 is 11.3 Å². The Labute approximate surface area is 96.5 Å². The highest BCUT2D eigenvalue weighted by Gasteiger charge is 2.31. The Morgan fingerprint density at radius 3 is 2.31 bits per heavy atom. The predicted molar refractivity (Wildman–Crippen MR) is 62.4 cm³/mol. The lowest BCUT2D eigenvalue weighted by Gasteiger charge is -2.14. The minimum absolute atomic E-state index is 0.0241. The number of rotatable bonds is 0. The molecule has 3 heteroatoms. The Morgan fingerprint density at radius 2 is 1.62 bits per heavy atom. The van der Waals surface area contributed by atoms with Crippen LogP contribution in [-0.2, 0) is 0 Å². The molecule has 2 aromatic rings. The number of hydrogen-bond acceptors (Lipinski definition) is 3. The maximum atomic E-state index is 12.2. The van der Waals surface area contributed by atoms with Gasteiger partial charge in [-0.15, -0.1) is 11.3 Å². The summed E-state index contributed by atoms with van der Waals surface area (Å²) in [4.78, 5) is 24.9. The number of thiophene rings is 1. The molecule has 0 bridgehead atoms. The Hall–Kier alpha value is -1.74. The maximum absolute atomic E-state index is 12.2. The summed E-state index contributed by atoms with van der Waals surface area (Å²) in [6, 6.07) is 7.01. The number of ketones is 2. The quantitative estimate of drug-likeness (QED) is 0.593. The fraction of sp³-hybridized carbons (Fsp3) is 0.0769. The van der Waals surface area contributed by atoms with Crippen LogP contribution in [-0.4, -0.2) is 11.6 Å². The molecule has 1 aliphatic rings. The van der Waals surface area contributed by atoms with Crippen LogP contribution < -0.4 is 0 Å². The molecule has 1 aromatic carbocycles. The molecule has 1 aliphatic carbocycles. The molecule has 78 valence electrons. The number of carbonyl (C=O) groups is 2. The lowest BCUT2D eigenvalue weighted by Crippen LogP contribution is -2.19. The first-order valence-electron chi connectivity index (χ1n) is 4.96. The van der Waals surface area contributed by atoms with Crippen molar-refractivity contribution in [3.8, 4) is 0 Å². The largest absolute Gasteiger partial charge is 0.289 e. The summed E-state index contributed by atoms with van der Waals surface area (Å²) >= 11 is 1.36. The van der Waals surface area contributed by atoms with Gasteiger partial charge in [-0.1, -0.05) is 24.3 Å². The molecule has 0 radical (unpaired) electrons. The molecular weight excluding hydrogens is 220 g/mol. The van der Waals surface area contributed by atoms with Gasteiger partial charge in [0, 0.05) is 16.7 Å². The molecule has 0 atom stereocenters. The number of benzene rings is 1. The van der Waals surface area contributed by atoms with Gasteiger partial charge in [0.15, 0.2) is 5.78 Å². The van der Waals surface area contributed by atoms with Gasteiger partial charge in [-0.3, -0.25) is 9.59 Å². The lowest BCUT2D eigenvalue weighted by atomic mass is 9.87. The van der Waals surface area contributed by atoms with E-state index in [4.69, 9.17) is 0 Å². The van der Waals surface area contributed by atoms with Crippen molar-refractivity contribution in [2.24, 2.45) is 0 Å². The third kappa shape index (κ3) is 1.06. The van der Waals surface area contributed by atoms with Crippen LogP contribution in [0.5, 0.6) is 0 Å². The van der Waals surface area contributed by atoms with Crippen molar-refractivity contribution in [3.05, 3.63) is 56.8 Å². The summed E-state index contributed by atoms with van der Waals surface area (Å²) < 4.78 is 0. The normalized spacial score (nSPS) is 13.6. The summed E-state index contributed by atoms with van der Waals surface area (Å²) in [5.41, 5.74) is 2.55. The van der Waals surface area contributed by atoms with E-state index in [2.05, 4.69) is 0 Å². The first kappa shape index (κ1) is 9.48. The number of fused-ring (bicyclic) bond motifs is 2. The second-order valence-electron chi connectivity index (χ2n) is 3.83. The van der Waals surface area contributed by atoms with Gasteiger partial charge >= 0.3 is 0 Å². The fourth-order valence-electron chi connectivity index (χ4n) is 2.03. The molecule has 1 heterocycles. The summed E-state index contributed by atoms with van der Waals surface area (Å²) in [6.07, 6.45) is 0. The molecule has 1 aromatic heterocycles. The number of aryl methyl sites for hydroxylation is 1. The van der Waals surface area contributed by atoms with Gasteiger partial charge in [0.25, 0.3) is 0 Å². The molecule has 0 saturated carbocycles. The van der Waals surface area contributed by atoms with Crippen molar-refractivity contribution in [2.45, 2.75) is 6.92 Å². The van der Waals surface area contributed by atoms with Gasteiger partial charge < -0.3 is 0 Å².